The lowest BCUT2D eigenvalue weighted by Gasteiger charge is -2.38. The Labute approximate surface area is 172 Å². The van der Waals surface area contributed by atoms with Crippen molar-refractivity contribution in [2.24, 2.45) is 4.99 Å². The van der Waals surface area contributed by atoms with Crippen molar-refractivity contribution in [3.05, 3.63) is 34.6 Å². The monoisotopic (exact) mass is 414 g/mol. The third kappa shape index (κ3) is 6.88. The van der Waals surface area contributed by atoms with Gasteiger partial charge in [-0.15, -0.1) is 0 Å². The first-order valence-electron chi connectivity index (χ1n) is 9.88. The number of halogens is 2. The Morgan fingerprint density at radius 2 is 2.29 bits per heavy atom. The molecule has 1 aromatic carbocycles. The SMILES string of the molecule is CCOCCCNC(=NC)NCC(c1c(F)cccc1Cl)N1CCOC(C)C1. The molecular weight excluding hydrogens is 383 g/mol. The highest BCUT2D eigenvalue weighted by Crippen LogP contribution is 2.31. The van der Waals surface area contributed by atoms with E-state index >= 15 is 0 Å². The maximum Gasteiger partial charge on any atom is 0.191 e. The summed E-state index contributed by atoms with van der Waals surface area (Å²) in [5, 5.41) is 7.02. The summed E-state index contributed by atoms with van der Waals surface area (Å²) in [6.07, 6.45) is 0.982. The molecule has 1 aliphatic heterocycles. The second-order valence-electron chi connectivity index (χ2n) is 6.76. The molecule has 1 aromatic rings. The van der Waals surface area contributed by atoms with Gasteiger partial charge in [-0.2, -0.15) is 0 Å². The van der Waals surface area contributed by atoms with Gasteiger partial charge in [0.05, 0.1) is 18.8 Å². The Balaban J connectivity index is 2.05. The molecule has 158 valence electrons. The molecule has 2 unspecified atom stereocenters. The standard InChI is InChI=1S/C20H32ClFN4O2/c1-4-27-11-6-9-24-20(23-3)25-13-18(26-10-12-28-15(2)14-26)19-16(21)7-5-8-17(19)22/h5,7-8,15,18H,4,6,9-14H2,1-3H3,(H2,23,24,25). The number of nitrogens with one attached hydrogen (secondary N) is 2. The normalized spacial score (nSPS) is 19.5. The van der Waals surface area contributed by atoms with Gasteiger partial charge in [-0.3, -0.25) is 9.89 Å². The molecule has 1 saturated heterocycles. The van der Waals surface area contributed by atoms with Gasteiger partial charge >= 0.3 is 0 Å². The van der Waals surface area contributed by atoms with E-state index in [-0.39, 0.29) is 18.0 Å². The zero-order chi connectivity index (χ0) is 20.4. The van der Waals surface area contributed by atoms with Crippen molar-refractivity contribution >= 4 is 17.6 Å². The molecule has 0 saturated carbocycles. The summed E-state index contributed by atoms with van der Waals surface area (Å²) in [5.74, 6) is 0.383. The molecule has 0 radical (unpaired) electrons. The van der Waals surface area contributed by atoms with E-state index in [1.165, 1.54) is 6.07 Å². The Morgan fingerprint density at radius 3 is 2.96 bits per heavy atom. The van der Waals surface area contributed by atoms with E-state index in [1.807, 2.05) is 13.8 Å². The largest absolute Gasteiger partial charge is 0.382 e. The van der Waals surface area contributed by atoms with Crippen LogP contribution in [0.4, 0.5) is 4.39 Å². The van der Waals surface area contributed by atoms with Crippen LogP contribution in [0.3, 0.4) is 0 Å². The molecule has 0 amide bonds. The summed E-state index contributed by atoms with van der Waals surface area (Å²) in [6, 6.07) is 4.60. The number of rotatable bonds is 9. The van der Waals surface area contributed by atoms with Crippen LogP contribution in [0.2, 0.25) is 5.02 Å². The Morgan fingerprint density at radius 1 is 1.46 bits per heavy atom. The van der Waals surface area contributed by atoms with Crippen LogP contribution in [0.1, 0.15) is 31.9 Å². The van der Waals surface area contributed by atoms with E-state index in [2.05, 4.69) is 20.5 Å². The fourth-order valence-electron chi connectivity index (χ4n) is 3.31. The second kappa shape index (κ2) is 12.2. The lowest BCUT2D eigenvalue weighted by atomic mass is 10.0. The van der Waals surface area contributed by atoms with Crippen LogP contribution in [0.15, 0.2) is 23.2 Å². The van der Waals surface area contributed by atoms with Gasteiger partial charge in [0, 0.05) is 57.0 Å². The Hall–Kier alpha value is -1.41. The van der Waals surface area contributed by atoms with Gasteiger partial charge in [0.2, 0.25) is 0 Å². The minimum atomic E-state index is -0.293. The predicted molar refractivity (Wildman–Crippen MR) is 112 cm³/mol. The molecule has 1 fully saturated rings. The van der Waals surface area contributed by atoms with Crippen LogP contribution in [-0.2, 0) is 9.47 Å². The van der Waals surface area contributed by atoms with Crippen LogP contribution in [0, 0.1) is 5.82 Å². The van der Waals surface area contributed by atoms with Crippen molar-refractivity contribution in [1.29, 1.82) is 0 Å². The molecule has 8 heteroatoms. The van der Waals surface area contributed by atoms with E-state index in [0.29, 0.717) is 36.3 Å². The van der Waals surface area contributed by atoms with Crippen molar-refractivity contribution < 1.29 is 13.9 Å². The quantitative estimate of drug-likeness (QED) is 0.369. The first-order chi connectivity index (χ1) is 13.6. The van der Waals surface area contributed by atoms with E-state index in [0.717, 1.165) is 32.7 Å². The molecule has 2 rings (SSSR count). The first-order valence-corrected chi connectivity index (χ1v) is 10.3. The fourth-order valence-corrected chi connectivity index (χ4v) is 3.60. The molecule has 28 heavy (non-hydrogen) atoms. The average molecular weight is 415 g/mol. The van der Waals surface area contributed by atoms with E-state index in [9.17, 15) is 4.39 Å². The smallest absolute Gasteiger partial charge is 0.191 e. The van der Waals surface area contributed by atoms with E-state index in [1.54, 1.807) is 19.2 Å². The Kier molecular flexibility index (Phi) is 9.98. The molecule has 1 heterocycles. The molecule has 2 atom stereocenters. The van der Waals surface area contributed by atoms with Gasteiger partial charge in [-0.1, -0.05) is 17.7 Å². The molecule has 0 spiro atoms. The van der Waals surface area contributed by atoms with Crippen molar-refractivity contribution in [3.8, 4) is 0 Å². The number of hydrogen-bond acceptors (Lipinski definition) is 4. The minimum Gasteiger partial charge on any atom is -0.382 e. The molecule has 0 bridgehead atoms. The number of guanidine groups is 1. The number of hydrogen-bond donors (Lipinski definition) is 2. The number of nitrogens with zero attached hydrogens (tertiary/aromatic N) is 2. The number of aliphatic imine (C=N–C) groups is 1. The maximum atomic E-state index is 14.7. The van der Waals surface area contributed by atoms with Crippen molar-refractivity contribution in [2.75, 3.05) is 53.0 Å². The summed E-state index contributed by atoms with van der Waals surface area (Å²) < 4.78 is 25.6. The van der Waals surface area contributed by atoms with Gasteiger partial charge < -0.3 is 20.1 Å². The zero-order valence-corrected chi connectivity index (χ0v) is 17.8. The number of ether oxygens (including phenoxy) is 2. The molecule has 0 aromatic heterocycles. The number of morpholine rings is 1. The average Bonchev–Trinajstić information content (AvgIpc) is 2.68. The lowest BCUT2D eigenvalue weighted by molar-refractivity contribution is -0.0343. The number of benzene rings is 1. The van der Waals surface area contributed by atoms with Crippen LogP contribution in [0.5, 0.6) is 0 Å². The molecule has 2 N–H and O–H groups in total. The third-order valence-corrected chi connectivity index (χ3v) is 5.02. The summed E-state index contributed by atoms with van der Waals surface area (Å²) in [6.45, 7) is 8.73. The van der Waals surface area contributed by atoms with Gasteiger partial charge in [-0.05, 0) is 32.4 Å². The predicted octanol–water partition coefficient (Wildman–Crippen LogP) is 2.83. The lowest BCUT2D eigenvalue weighted by Crippen LogP contribution is -2.48. The summed E-state index contributed by atoms with van der Waals surface area (Å²) in [5.41, 5.74) is 0.512. The minimum absolute atomic E-state index is 0.0952. The van der Waals surface area contributed by atoms with Gasteiger partial charge in [0.25, 0.3) is 0 Å². The van der Waals surface area contributed by atoms with Crippen LogP contribution in [0.25, 0.3) is 0 Å². The topological polar surface area (TPSA) is 58.1 Å². The summed E-state index contributed by atoms with van der Waals surface area (Å²) in [4.78, 5) is 6.48. The van der Waals surface area contributed by atoms with Crippen molar-refractivity contribution in [1.82, 2.24) is 15.5 Å². The summed E-state index contributed by atoms with van der Waals surface area (Å²) in [7, 11) is 1.72. The van der Waals surface area contributed by atoms with Crippen LogP contribution in [-0.4, -0.2) is 70.0 Å². The maximum absolute atomic E-state index is 14.7. The van der Waals surface area contributed by atoms with Crippen molar-refractivity contribution in [3.63, 3.8) is 0 Å². The first kappa shape index (κ1) is 22.9. The van der Waals surface area contributed by atoms with Crippen molar-refractivity contribution in [2.45, 2.75) is 32.4 Å². The molecular formula is C20H32ClFN4O2. The third-order valence-electron chi connectivity index (χ3n) is 4.69. The van der Waals surface area contributed by atoms with E-state index in [4.69, 9.17) is 21.1 Å². The van der Waals surface area contributed by atoms with Crippen LogP contribution >= 0.6 is 11.6 Å². The van der Waals surface area contributed by atoms with Gasteiger partial charge in [-0.25, -0.2) is 4.39 Å². The molecule has 6 nitrogen and oxygen atoms in total. The van der Waals surface area contributed by atoms with Gasteiger partial charge in [0.15, 0.2) is 5.96 Å². The molecule has 0 aliphatic carbocycles. The Bertz CT molecular complexity index is 612. The highest BCUT2D eigenvalue weighted by molar-refractivity contribution is 6.31. The zero-order valence-electron chi connectivity index (χ0n) is 17.0. The second-order valence-corrected chi connectivity index (χ2v) is 7.17. The molecule has 1 aliphatic rings. The van der Waals surface area contributed by atoms with Crippen LogP contribution < -0.4 is 10.6 Å². The summed E-state index contributed by atoms with van der Waals surface area (Å²) >= 11 is 6.38. The van der Waals surface area contributed by atoms with Gasteiger partial charge in [0.1, 0.15) is 5.82 Å². The highest BCUT2D eigenvalue weighted by atomic mass is 35.5. The van der Waals surface area contributed by atoms with E-state index < -0.39 is 0 Å². The fraction of sp³-hybridized carbons (Fsp3) is 0.650. The highest BCUT2D eigenvalue weighted by Gasteiger charge is 2.29.